The highest BCUT2D eigenvalue weighted by molar-refractivity contribution is 7.89. The lowest BCUT2D eigenvalue weighted by molar-refractivity contribution is 0.398. The molecular formula is C18H16Cl3N3O2S. The molecule has 1 heterocycles. The average molecular weight is 445 g/mol. The molecule has 0 fully saturated rings. The molecule has 2 aromatic carbocycles. The van der Waals surface area contributed by atoms with Crippen molar-refractivity contribution in [3.8, 4) is 0 Å². The van der Waals surface area contributed by atoms with E-state index in [0.717, 1.165) is 5.56 Å². The Bertz CT molecular complexity index is 1070. The van der Waals surface area contributed by atoms with Crippen LogP contribution in [-0.4, -0.2) is 29.3 Å². The number of nitrogens with zero attached hydrogens (tertiary/aromatic N) is 3. The lowest BCUT2D eigenvalue weighted by atomic mass is 10.1. The fourth-order valence-electron chi connectivity index (χ4n) is 2.78. The van der Waals surface area contributed by atoms with Gasteiger partial charge in [0, 0.05) is 31.5 Å². The van der Waals surface area contributed by atoms with Crippen molar-refractivity contribution < 1.29 is 8.42 Å². The molecule has 0 radical (unpaired) electrons. The Morgan fingerprint density at radius 3 is 2.33 bits per heavy atom. The second-order valence-corrected chi connectivity index (χ2v) is 9.11. The molecule has 3 aromatic rings. The zero-order valence-corrected chi connectivity index (χ0v) is 17.6. The largest absolute Gasteiger partial charge is 0.336 e. The van der Waals surface area contributed by atoms with E-state index < -0.39 is 16.1 Å². The van der Waals surface area contributed by atoms with Gasteiger partial charge in [0.25, 0.3) is 0 Å². The number of imidazole rings is 1. The average Bonchev–Trinajstić information content (AvgIpc) is 3.04. The van der Waals surface area contributed by atoms with Gasteiger partial charge in [-0.05, 0) is 29.8 Å². The Labute approximate surface area is 173 Å². The number of aryl methyl sites for hydroxylation is 1. The second-order valence-electron chi connectivity index (χ2n) is 5.92. The molecule has 0 aliphatic rings. The normalized spacial score (nSPS) is 13.1. The summed E-state index contributed by atoms with van der Waals surface area (Å²) in [7, 11) is -0.672. The number of hydrogen-bond acceptors (Lipinski definition) is 3. The number of halogens is 3. The van der Waals surface area contributed by atoms with Crippen molar-refractivity contribution in [2.24, 2.45) is 7.05 Å². The smallest absolute Gasteiger partial charge is 0.245 e. The van der Waals surface area contributed by atoms with Crippen LogP contribution in [0.15, 0.2) is 59.8 Å². The van der Waals surface area contributed by atoms with Crippen LogP contribution in [0.5, 0.6) is 0 Å². The van der Waals surface area contributed by atoms with Gasteiger partial charge in [0.2, 0.25) is 10.0 Å². The second kappa shape index (κ2) is 7.81. The maximum absolute atomic E-state index is 13.3. The first-order valence-electron chi connectivity index (χ1n) is 7.88. The van der Waals surface area contributed by atoms with E-state index in [-0.39, 0.29) is 14.9 Å². The molecule has 0 bridgehead atoms. The third kappa shape index (κ3) is 3.86. The van der Waals surface area contributed by atoms with Gasteiger partial charge in [-0.1, -0.05) is 53.0 Å². The van der Waals surface area contributed by atoms with Gasteiger partial charge in [-0.3, -0.25) is 0 Å². The van der Waals surface area contributed by atoms with Crippen molar-refractivity contribution in [1.29, 1.82) is 0 Å². The molecule has 3 rings (SSSR count). The molecule has 27 heavy (non-hydrogen) atoms. The van der Waals surface area contributed by atoms with Crippen LogP contribution < -0.4 is 0 Å². The quantitative estimate of drug-likeness (QED) is 0.568. The van der Waals surface area contributed by atoms with Gasteiger partial charge < -0.3 is 4.57 Å². The molecule has 9 heteroatoms. The third-order valence-electron chi connectivity index (χ3n) is 4.23. The Kier molecular flexibility index (Phi) is 5.84. The number of aromatic nitrogens is 2. The molecule has 0 saturated carbocycles. The van der Waals surface area contributed by atoms with Gasteiger partial charge in [0.05, 0.1) is 10.0 Å². The van der Waals surface area contributed by atoms with E-state index in [1.807, 2.05) is 0 Å². The molecule has 0 spiro atoms. The summed E-state index contributed by atoms with van der Waals surface area (Å²) < 4.78 is 29.6. The van der Waals surface area contributed by atoms with Gasteiger partial charge in [-0.2, -0.15) is 4.31 Å². The Hall–Kier alpha value is -1.57. The van der Waals surface area contributed by atoms with Crippen molar-refractivity contribution in [3.63, 3.8) is 0 Å². The summed E-state index contributed by atoms with van der Waals surface area (Å²) >= 11 is 18.2. The van der Waals surface area contributed by atoms with Crippen molar-refractivity contribution in [1.82, 2.24) is 13.9 Å². The molecule has 5 nitrogen and oxygen atoms in total. The highest BCUT2D eigenvalue weighted by Crippen LogP contribution is 2.36. The van der Waals surface area contributed by atoms with E-state index in [0.29, 0.717) is 10.8 Å². The fourth-order valence-corrected chi connectivity index (χ4v) is 4.95. The van der Waals surface area contributed by atoms with E-state index in [4.69, 9.17) is 34.8 Å². The molecule has 1 aromatic heterocycles. The van der Waals surface area contributed by atoms with Gasteiger partial charge in [-0.15, -0.1) is 0 Å². The summed E-state index contributed by atoms with van der Waals surface area (Å²) in [5.41, 5.74) is 0.720. The fraction of sp³-hybridized carbons (Fsp3) is 0.167. The van der Waals surface area contributed by atoms with Crippen LogP contribution >= 0.6 is 34.8 Å². The third-order valence-corrected chi connectivity index (χ3v) is 7.27. The van der Waals surface area contributed by atoms with E-state index in [1.165, 1.54) is 17.4 Å². The standard InChI is InChI=1S/C18H16Cl3N3O2S/c1-23-11-10-22-18(23)17(12-6-8-13(19)9-7-12)24(2)27(25,26)15-5-3-4-14(20)16(15)21/h3-11,17H,1-2H3/t17-/m1/s1. The number of benzene rings is 2. The summed E-state index contributed by atoms with van der Waals surface area (Å²) in [5, 5.41) is 0.715. The lowest BCUT2D eigenvalue weighted by Gasteiger charge is -2.28. The van der Waals surface area contributed by atoms with Crippen molar-refractivity contribution >= 4 is 44.8 Å². The zero-order valence-electron chi connectivity index (χ0n) is 14.5. The van der Waals surface area contributed by atoms with Crippen LogP contribution in [0, 0.1) is 0 Å². The van der Waals surface area contributed by atoms with Crippen LogP contribution in [0.1, 0.15) is 17.4 Å². The van der Waals surface area contributed by atoms with Gasteiger partial charge in [0.1, 0.15) is 16.8 Å². The maximum atomic E-state index is 13.3. The van der Waals surface area contributed by atoms with Gasteiger partial charge in [-0.25, -0.2) is 13.4 Å². The highest BCUT2D eigenvalue weighted by atomic mass is 35.5. The summed E-state index contributed by atoms with van der Waals surface area (Å²) in [5.74, 6) is 0.557. The summed E-state index contributed by atoms with van der Waals surface area (Å²) in [6, 6.07) is 10.8. The number of hydrogen-bond donors (Lipinski definition) is 0. The maximum Gasteiger partial charge on any atom is 0.245 e. The monoisotopic (exact) mass is 443 g/mol. The Morgan fingerprint density at radius 2 is 1.74 bits per heavy atom. The van der Waals surface area contributed by atoms with Crippen LogP contribution in [0.25, 0.3) is 0 Å². The first-order valence-corrected chi connectivity index (χ1v) is 10.5. The molecule has 142 valence electrons. The van der Waals surface area contributed by atoms with E-state index in [1.54, 1.807) is 60.4 Å². The predicted molar refractivity (Wildman–Crippen MR) is 108 cm³/mol. The molecule has 0 saturated heterocycles. The van der Waals surface area contributed by atoms with Crippen LogP contribution in [0.2, 0.25) is 15.1 Å². The zero-order chi connectivity index (χ0) is 19.8. The van der Waals surface area contributed by atoms with E-state index in [9.17, 15) is 8.42 Å². The first kappa shape index (κ1) is 20.2. The molecule has 0 amide bonds. The summed E-state index contributed by atoms with van der Waals surface area (Å²) in [6.45, 7) is 0. The molecule has 0 aliphatic carbocycles. The summed E-state index contributed by atoms with van der Waals surface area (Å²) in [4.78, 5) is 4.29. The SMILES string of the molecule is CN([C@H](c1ccc(Cl)cc1)c1nccn1C)S(=O)(=O)c1cccc(Cl)c1Cl. The first-order chi connectivity index (χ1) is 12.7. The van der Waals surface area contributed by atoms with Crippen molar-refractivity contribution in [2.75, 3.05) is 7.05 Å². The highest BCUT2D eigenvalue weighted by Gasteiger charge is 2.34. The van der Waals surface area contributed by atoms with Crippen molar-refractivity contribution in [2.45, 2.75) is 10.9 Å². The lowest BCUT2D eigenvalue weighted by Crippen LogP contribution is -2.33. The van der Waals surface area contributed by atoms with Gasteiger partial charge in [0.15, 0.2) is 0 Å². The molecule has 1 atom stereocenters. The van der Waals surface area contributed by atoms with Crippen molar-refractivity contribution in [3.05, 3.63) is 81.3 Å². The Balaban J connectivity index is 2.16. The topological polar surface area (TPSA) is 55.2 Å². The molecule has 0 aliphatic heterocycles. The molecule has 0 N–H and O–H groups in total. The Morgan fingerprint density at radius 1 is 1.07 bits per heavy atom. The van der Waals surface area contributed by atoms with Gasteiger partial charge >= 0.3 is 0 Å². The van der Waals surface area contributed by atoms with Crippen LogP contribution in [0.3, 0.4) is 0 Å². The minimum absolute atomic E-state index is 0.0132. The van der Waals surface area contributed by atoms with Crippen LogP contribution in [0.4, 0.5) is 0 Å². The number of sulfonamides is 1. The van der Waals surface area contributed by atoms with Crippen LogP contribution in [-0.2, 0) is 17.1 Å². The molecular weight excluding hydrogens is 429 g/mol. The van der Waals surface area contributed by atoms with E-state index in [2.05, 4.69) is 4.98 Å². The number of rotatable bonds is 5. The van der Waals surface area contributed by atoms with E-state index >= 15 is 0 Å². The minimum atomic E-state index is -3.96. The predicted octanol–water partition coefficient (Wildman–Crippen LogP) is 4.79. The summed E-state index contributed by atoms with van der Waals surface area (Å²) in [6.07, 6.45) is 3.37. The molecule has 0 unspecified atom stereocenters. The minimum Gasteiger partial charge on any atom is -0.336 e.